The monoisotopic (exact) mass is 294 g/mol. The maximum absolute atomic E-state index is 12.0. The van der Waals surface area contributed by atoms with Crippen LogP contribution in [0, 0.1) is 0 Å². The number of methoxy groups -OCH3 is 1. The number of rotatable bonds is 6. The fraction of sp³-hybridized carbons (Fsp3) is 0.545. The van der Waals surface area contributed by atoms with Crippen molar-refractivity contribution in [2.75, 3.05) is 20.3 Å². The summed E-state index contributed by atoms with van der Waals surface area (Å²) in [6.07, 6.45) is 0.422. The fourth-order valence-electron chi connectivity index (χ4n) is 1.57. The van der Waals surface area contributed by atoms with Crippen molar-refractivity contribution in [1.29, 1.82) is 0 Å². The van der Waals surface area contributed by atoms with E-state index in [1.807, 2.05) is 0 Å². The van der Waals surface area contributed by atoms with Crippen molar-refractivity contribution < 1.29 is 14.6 Å². The highest BCUT2D eigenvalue weighted by atomic mass is 35.5. The lowest BCUT2D eigenvalue weighted by Gasteiger charge is -2.17. The van der Waals surface area contributed by atoms with E-state index in [2.05, 4.69) is 5.32 Å². The van der Waals surface area contributed by atoms with Gasteiger partial charge in [0.1, 0.15) is 10.8 Å². The Bertz CT molecular complexity index is 415. The van der Waals surface area contributed by atoms with Gasteiger partial charge in [0.15, 0.2) is 0 Å². The van der Waals surface area contributed by atoms with Gasteiger partial charge in [-0.1, -0.05) is 23.2 Å². The molecule has 0 fully saturated rings. The lowest BCUT2D eigenvalue weighted by Crippen LogP contribution is -2.39. The Morgan fingerprint density at radius 3 is 2.72 bits per heavy atom. The van der Waals surface area contributed by atoms with Gasteiger partial charge in [-0.3, -0.25) is 4.79 Å². The smallest absolute Gasteiger partial charge is 0.268 e. The SMILES string of the molecule is COCC(CCO)NC(=O)c1cc(Cl)c(Cl)n1C. The molecule has 18 heavy (non-hydrogen) atoms. The molecule has 0 aliphatic carbocycles. The molecule has 0 saturated carbocycles. The van der Waals surface area contributed by atoms with Gasteiger partial charge in [0.2, 0.25) is 0 Å². The first-order valence-electron chi connectivity index (χ1n) is 5.42. The molecule has 0 spiro atoms. The molecule has 0 aliphatic heterocycles. The predicted octanol–water partition coefficient (Wildman–Crippen LogP) is 1.46. The number of aliphatic hydroxyl groups is 1. The molecular weight excluding hydrogens is 279 g/mol. The maximum atomic E-state index is 12.0. The number of carbonyl (C=O) groups excluding carboxylic acids is 1. The van der Waals surface area contributed by atoms with Crippen LogP contribution < -0.4 is 5.32 Å². The Balaban J connectivity index is 2.77. The Kier molecular flexibility index (Phi) is 5.95. The molecule has 2 N–H and O–H groups in total. The number of hydrogen-bond acceptors (Lipinski definition) is 3. The molecule has 1 aromatic rings. The molecule has 1 atom stereocenters. The first-order chi connectivity index (χ1) is 8.51. The summed E-state index contributed by atoms with van der Waals surface area (Å²) in [6, 6.07) is 1.25. The van der Waals surface area contributed by atoms with Gasteiger partial charge in [0, 0.05) is 20.8 Å². The average Bonchev–Trinajstić information content (AvgIpc) is 2.58. The van der Waals surface area contributed by atoms with Gasteiger partial charge in [-0.15, -0.1) is 0 Å². The molecule has 1 unspecified atom stereocenters. The third-order valence-electron chi connectivity index (χ3n) is 2.53. The van der Waals surface area contributed by atoms with Gasteiger partial charge in [-0.25, -0.2) is 0 Å². The van der Waals surface area contributed by atoms with Crippen molar-refractivity contribution in [3.8, 4) is 0 Å². The molecule has 0 aromatic carbocycles. The van der Waals surface area contributed by atoms with Crippen LogP contribution in [0.1, 0.15) is 16.9 Å². The van der Waals surface area contributed by atoms with Crippen molar-refractivity contribution in [2.24, 2.45) is 7.05 Å². The molecule has 102 valence electrons. The van der Waals surface area contributed by atoms with E-state index in [9.17, 15) is 4.79 Å². The molecule has 5 nitrogen and oxygen atoms in total. The van der Waals surface area contributed by atoms with E-state index in [-0.39, 0.29) is 18.6 Å². The number of amides is 1. The second-order valence-electron chi connectivity index (χ2n) is 3.87. The molecule has 0 aliphatic rings. The highest BCUT2D eigenvalue weighted by Gasteiger charge is 2.18. The van der Waals surface area contributed by atoms with Gasteiger partial charge < -0.3 is 19.7 Å². The summed E-state index contributed by atoms with van der Waals surface area (Å²) in [7, 11) is 3.19. The van der Waals surface area contributed by atoms with Crippen molar-refractivity contribution in [3.63, 3.8) is 0 Å². The highest BCUT2D eigenvalue weighted by molar-refractivity contribution is 6.41. The number of ether oxygens (including phenoxy) is 1. The average molecular weight is 295 g/mol. The first-order valence-corrected chi connectivity index (χ1v) is 6.18. The standard InChI is InChI=1S/C11H16Cl2N2O3/c1-15-9(5-8(12)10(15)13)11(17)14-7(3-4-16)6-18-2/h5,7,16H,3-4,6H2,1-2H3,(H,14,17). The van der Waals surface area contributed by atoms with Crippen LogP contribution in [0.2, 0.25) is 10.2 Å². The Hall–Kier alpha value is -0.750. The van der Waals surface area contributed by atoms with Crippen LogP contribution >= 0.6 is 23.2 Å². The summed E-state index contributed by atoms with van der Waals surface area (Å²) in [6.45, 7) is 0.307. The molecular formula is C11H16Cl2N2O3. The van der Waals surface area contributed by atoms with Crippen LogP contribution in [-0.2, 0) is 11.8 Å². The summed E-state index contributed by atoms with van der Waals surface area (Å²) in [5, 5.41) is 12.3. The van der Waals surface area contributed by atoms with E-state index >= 15 is 0 Å². The van der Waals surface area contributed by atoms with Crippen molar-refractivity contribution in [3.05, 3.63) is 21.9 Å². The number of halogens is 2. The number of nitrogens with zero attached hydrogens (tertiary/aromatic N) is 1. The third kappa shape index (κ3) is 3.62. The Labute approximate surface area is 116 Å². The van der Waals surface area contributed by atoms with Gasteiger partial charge in [-0.05, 0) is 12.5 Å². The number of hydrogen-bond donors (Lipinski definition) is 2. The van der Waals surface area contributed by atoms with Crippen LogP contribution in [0.25, 0.3) is 0 Å². The molecule has 0 saturated heterocycles. The van der Waals surface area contributed by atoms with Gasteiger partial charge >= 0.3 is 0 Å². The number of aromatic nitrogens is 1. The number of carbonyl (C=O) groups is 1. The van der Waals surface area contributed by atoms with E-state index in [1.54, 1.807) is 7.05 Å². The molecule has 0 radical (unpaired) electrons. The lowest BCUT2D eigenvalue weighted by molar-refractivity contribution is 0.0871. The van der Waals surface area contributed by atoms with Crippen LogP contribution in [-0.4, -0.2) is 41.9 Å². The second kappa shape index (κ2) is 6.99. The largest absolute Gasteiger partial charge is 0.396 e. The van der Waals surface area contributed by atoms with Gasteiger partial charge in [-0.2, -0.15) is 0 Å². The van der Waals surface area contributed by atoms with E-state index in [0.29, 0.717) is 28.9 Å². The summed E-state index contributed by atoms with van der Waals surface area (Å²) >= 11 is 11.7. The van der Waals surface area contributed by atoms with Crippen LogP contribution in [0.5, 0.6) is 0 Å². The normalized spacial score (nSPS) is 12.5. The molecule has 7 heteroatoms. The van der Waals surface area contributed by atoms with Gasteiger partial charge in [0.05, 0.1) is 17.7 Å². The molecule has 1 heterocycles. The zero-order valence-corrected chi connectivity index (χ0v) is 11.8. The van der Waals surface area contributed by atoms with Crippen molar-refractivity contribution in [2.45, 2.75) is 12.5 Å². The summed E-state index contributed by atoms with van der Waals surface area (Å²) < 4.78 is 6.47. The molecule has 0 bridgehead atoms. The van der Waals surface area contributed by atoms with E-state index < -0.39 is 0 Å². The number of aliphatic hydroxyl groups excluding tert-OH is 1. The van der Waals surface area contributed by atoms with Crippen LogP contribution in [0.15, 0.2) is 6.07 Å². The van der Waals surface area contributed by atoms with E-state index in [0.717, 1.165) is 0 Å². The van der Waals surface area contributed by atoms with Crippen LogP contribution in [0.4, 0.5) is 0 Å². The minimum atomic E-state index is -0.304. The van der Waals surface area contributed by atoms with Crippen molar-refractivity contribution in [1.82, 2.24) is 9.88 Å². The molecule has 1 amide bonds. The van der Waals surface area contributed by atoms with E-state index in [4.69, 9.17) is 33.0 Å². The topological polar surface area (TPSA) is 63.5 Å². The Morgan fingerprint density at radius 1 is 1.61 bits per heavy atom. The highest BCUT2D eigenvalue weighted by Crippen LogP contribution is 2.25. The molecule has 1 rings (SSSR count). The predicted molar refractivity (Wildman–Crippen MR) is 70.3 cm³/mol. The van der Waals surface area contributed by atoms with Crippen LogP contribution in [0.3, 0.4) is 0 Å². The third-order valence-corrected chi connectivity index (χ3v) is 3.37. The maximum Gasteiger partial charge on any atom is 0.268 e. The number of nitrogens with one attached hydrogen (secondary N) is 1. The van der Waals surface area contributed by atoms with Crippen molar-refractivity contribution >= 4 is 29.1 Å². The van der Waals surface area contributed by atoms with Gasteiger partial charge in [0.25, 0.3) is 5.91 Å². The minimum Gasteiger partial charge on any atom is -0.396 e. The van der Waals surface area contributed by atoms with E-state index in [1.165, 1.54) is 17.7 Å². The summed E-state index contributed by atoms with van der Waals surface area (Å²) in [5.74, 6) is -0.304. The summed E-state index contributed by atoms with van der Waals surface area (Å²) in [5.41, 5.74) is 0.365. The quantitative estimate of drug-likeness (QED) is 0.835. The summed E-state index contributed by atoms with van der Waals surface area (Å²) in [4.78, 5) is 12.0. The minimum absolute atomic E-state index is 0.0248. The first kappa shape index (κ1) is 15.3. The second-order valence-corrected chi connectivity index (χ2v) is 4.63. The zero-order chi connectivity index (χ0) is 13.7. The molecule has 1 aromatic heterocycles. The lowest BCUT2D eigenvalue weighted by atomic mass is 10.2. The Morgan fingerprint density at radius 2 is 2.28 bits per heavy atom. The zero-order valence-electron chi connectivity index (χ0n) is 10.2. The fourth-order valence-corrected chi connectivity index (χ4v) is 1.95.